The van der Waals surface area contributed by atoms with E-state index in [-0.39, 0.29) is 11.8 Å². The van der Waals surface area contributed by atoms with Crippen molar-refractivity contribution in [3.63, 3.8) is 0 Å². The number of benzene rings is 1. The molecule has 9 heteroatoms. The Morgan fingerprint density at radius 3 is 2.65 bits per heavy atom. The number of nitriles is 1. The van der Waals surface area contributed by atoms with Crippen molar-refractivity contribution in [2.45, 2.75) is 38.3 Å². The predicted octanol–water partition coefficient (Wildman–Crippen LogP) is 4.20. The summed E-state index contributed by atoms with van der Waals surface area (Å²) in [5.41, 5.74) is 2.33. The van der Waals surface area contributed by atoms with E-state index in [1.807, 2.05) is 10.9 Å². The normalized spacial score (nSPS) is 27.6. The topological polar surface area (TPSA) is 87.2 Å². The number of hydrogen-bond acceptors (Lipinski definition) is 5. The molecular formula is C25H22F2N6O. The summed E-state index contributed by atoms with van der Waals surface area (Å²) in [7, 11) is 0. The zero-order valence-corrected chi connectivity index (χ0v) is 18.3. The van der Waals surface area contributed by atoms with Crippen molar-refractivity contribution in [2.24, 2.45) is 28.8 Å². The van der Waals surface area contributed by atoms with E-state index in [2.05, 4.69) is 21.3 Å². The third-order valence-corrected chi connectivity index (χ3v) is 7.60. The molecule has 2 unspecified atom stereocenters. The third kappa shape index (κ3) is 3.54. The minimum atomic E-state index is -0.656. The van der Waals surface area contributed by atoms with Crippen LogP contribution in [0, 0.1) is 46.6 Å². The van der Waals surface area contributed by atoms with Gasteiger partial charge in [-0.05, 0) is 60.8 Å². The zero-order valence-electron chi connectivity index (χ0n) is 18.3. The monoisotopic (exact) mass is 460 g/mol. The van der Waals surface area contributed by atoms with Gasteiger partial charge >= 0.3 is 0 Å². The molecule has 2 aromatic heterocycles. The fourth-order valence-corrected chi connectivity index (χ4v) is 5.85. The lowest BCUT2D eigenvalue weighted by Crippen LogP contribution is -2.49. The summed E-state index contributed by atoms with van der Waals surface area (Å²) < 4.78 is 29.5. The summed E-state index contributed by atoms with van der Waals surface area (Å²) in [5.74, 6) is -0.374. The van der Waals surface area contributed by atoms with Crippen molar-refractivity contribution >= 4 is 23.2 Å². The molecule has 4 aliphatic rings. The molecule has 172 valence electrons. The van der Waals surface area contributed by atoms with Crippen molar-refractivity contribution in [2.75, 3.05) is 0 Å². The van der Waals surface area contributed by atoms with Crippen LogP contribution in [0.1, 0.15) is 42.9 Å². The predicted molar refractivity (Wildman–Crippen MR) is 119 cm³/mol. The van der Waals surface area contributed by atoms with Gasteiger partial charge in [-0.2, -0.15) is 15.5 Å². The number of aromatic nitrogens is 3. The van der Waals surface area contributed by atoms with Gasteiger partial charge in [-0.3, -0.25) is 14.5 Å². The Bertz CT molecular complexity index is 1330. The van der Waals surface area contributed by atoms with Crippen LogP contribution in [0.3, 0.4) is 0 Å². The highest BCUT2D eigenvalue weighted by atomic mass is 19.1. The first kappa shape index (κ1) is 20.9. The number of hydrazone groups is 1. The molecule has 3 fully saturated rings. The fraction of sp³-hybridized carbons (Fsp3) is 0.400. The van der Waals surface area contributed by atoms with E-state index in [9.17, 15) is 13.6 Å². The summed E-state index contributed by atoms with van der Waals surface area (Å²) in [6.45, 7) is 0.682. The Labute approximate surface area is 194 Å². The van der Waals surface area contributed by atoms with Crippen molar-refractivity contribution in [3.05, 3.63) is 59.4 Å². The molecule has 2 bridgehead atoms. The number of nitrogens with zero attached hydrogens (tertiary/aromatic N) is 6. The first-order chi connectivity index (χ1) is 16.5. The van der Waals surface area contributed by atoms with E-state index in [1.54, 1.807) is 12.3 Å². The average molecular weight is 460 g/mol. The second kappa shape index (κ2) is 7.97. The van der Waals surface area contributed by atoms with E-state index in [0.29, 0.717) is 47.4 Å². The molecule has 3 aliphatic carbocycles. The molecule has 3 heterocycles. The quantitative estimate of drug-likeness (QED) is 0.584. The maximum atomic E-state index is 13.8. The van der Waals surface area contributed by atoms with Crippen LogP contribution in [-0.4, -0.2) is 31.9 Å². The van der Waals surface area contributed by atoms with E-state index >= 15 is 0 Å². The Morgan fingerprint density at radius 2 is 1.88 bits per heavy atom. The van der Waals surface area contributed by atoms with Gasteiger partial charge in [0.2, 0.25) is 5.91 Å². The van der Waals surface area contributed by atoms with Gasteiger partial charge in [0.15, 0.2) is 0 Å². The van der Waals surface area contributed by atoms with Crippen molar-refractivity contribution in [1.82, 2.24) is 19.8 Å². The number of rotatable bonds is 4. The maximum Gasteiger partial charge on any atom is 0.246 e. The summed E-state index contributed by atoms with van der Waals surface area (Å²) in [6, 6.07) is 6.72. The minimum absolute atomic E-state index is 0.0671. The molecule has 0 radical (unpaired) electrons. The molecule has 3 aromatic rings. The molecule has 7 nitrogen and oxygen atoms in total. The Morgan fingerprint density at radius 1 is 1.09 bits per heavy atom. The number of halogens is 2. The van der Waals surface area contributed by atoms with Crippen molar-refractivity contribution < 1.29 is 13.6 Å². The van der Waals surface area contributed by atoms with Crippen LogP contribution in [0.2, 0.25) is 0 Å². The van der Waals surface area contributed by atoms with Crippen molar-refractivity contribution in [3.8, 4) is 6.07 Å². The zero-order chi connectivity index (χ0) is 23.4. The molecule has 3 atom stereocenters. The lowest BCUT2D eigenvalue weighted by atomic mass is 9.55. The summed E-state index contributed by atoms with van der Waals surface area (Å²) in [4.78, 5) is 17.9. The molecule has 1 aromatic carbocycles. The lowest BCUT2D eigenvalue weighted by molar-refractivity contribution is -0.147. The van der Waals surface area contributed by atoms with Gasteiger partial charge in [-0.1, -0.05) is 0 Å². The third-order valence-electron chi connectivity index (χ3n) is 7.60. The summed E-state index contributed by atoms with van der Waals surface area (Å²) >= 11 is 0. The van der Waals surface area contributed by atoms with Crippen LogP contribution in [-0.2, 0) is 11.3 Å². The molecule has 1 amide bonds. The second-order valence-corrected chi connectivity index (χ2v) is 9.62. The summed E-state index contributed by atoms with van der Waals surface area (Å²) in [5, 5.41) is 19.4. The SMILES string of the molecule is N#Cc1cnc2cn(CC3C[C@H](C(=O)N4N=CCC4c4cc(F)cc(F)c4)C4CC3C4)nc2c1. The molecule has 0 spiro atoms. The van der Waals surface area contributed by atoms with E-state index in [4.69, 9.17) is 5.26 Å². The second-order valence-electron chi connectivity index (χ2n) is 9.62. The molecule has 7 rings (SSSR count). The van der Waals surface area contributed by atoms with Crippen molar-refractivity contribution in [1.29, 1.82) is 5.26 Å². The highest BCUT2D eigenvalue weighted by molar-refractivity contribution is 5.82. The number of carbonyl (C=O) groups is 1. The van der Waals surface area contributed by atoms with Crippen LogP contribution >= 0.6 is 0 Å². The fourth-order valence-electron chi connectivity index (χ4n) is 5.85. The van der Waals surface area contributed by atoms with Crippen LogP contribution < -0.4 is 0 Å². The molecule has 0 N–H and O–H groups in total. The first-order valence-electron chi connectivity index (χ1n) is 11.5. The number of pyridine rings is 1. The summed E-state index contributed by atoms with van der Waals surface area (Å²) in [6.07, 6.45) is 8.24. The molecule has 0 saturated heterocycles. The number of hydrogen-bond donors (Lipinski definition) is 0. The number of fused-ring (bicyclic) bond motifs is 3. The van der Waals surface area contributed by atoms with Gasteiger partial charge in [0.25, 0.3) is 0 Å². The number of carbonyl (C=O) groups excluding carboxylic acids is 1. The Balaban J connectivity index is 1.20. The van der Waals surface area contributed by atoms with E-state index in [0.717, 1.165) is 30.8 Å². The van der Waals surface area contributed by atoms with Gasteiger partial charge in [0.1, 0.15) is 28.7 Å². The van der Waals surface area contributed by atoms with Gasteiger partial charge < -0.3 is 0 Å². The molecular weight excluding hydrogens is 438 g/mol. The Kier molecular flexibility index (Phi) is 4.90. The van der Waals surface area contributed by atoms with Gasteiger partial charge in [0.05, 0.1) is 17.8 Å². The highest BCUT2D eigenvalue weighted by Gasteiger charge is 2.50. The largest absolute Gasteiger partial charge is 0.273 e. The highest BCUT2D eigenvalue weighted by Crippen LogP contribution is 2.53. The molecule has 34 heavy (non-hydrogen) atoms. The van der Waals surface area contributed by atoms with Crippen LogP contribution in [0.5, 0.6) is 0 Å². The van der Waals surface area contributed by atoms with Gasteiger partial charge in [-0.15, -0.1) is 0 Å². The van der Waals surface area contributed by atoms with Crippen LogP contribution in [0.4, 0.5) is 8.78 Å². The van der Waals surface area contributed by atoms with Gasteiger partial charge in [0, 0.05) is 37.4 Å². The van der Waals surface area contributed by atoms with E-state index in [1.165, 1.54) is 23.3 Å². The first-order valence-corrected chi connectivity index (χ1v) is 11.5. The van der Waals surface area contributed by atoms with E-state index < -0.39 is 17.7 Å². The Hall–Kier alpha value is -3.67. The average Bonchev–Trinajstić information content (AvgIpc) is 3.43. The maximum absolute atomic E-state index is 13.8. The lowest BCUT2D eigenvalue weighted by Gasteiger charge is -2.51. The smallest absolute Gasteiger partial charge is 0.246 e. The van der Waals surface area contributed by atoms with Gasteiger partial charge in [-0.25, -0.2) is 13.8 Å². The van der Waals surface area contributed by atoms with Crippen LogP contribution in [0.15, 0.2) is 41.8 Å². The molecule has 1 aliphatic heterocycles. The number of amides is 1. The standard InChI is InChI=1S/C25H22F2N6O/c26-19-6-17(7-20(27)9-19)24-1-2-30-33(24)25(34)21-8-18(15-4-16(21)5-15)12-32-13-23-22(31-32)3-14(10-28)11-29-23/h2-3,6-7,9,11,13,15-16,18,21,24H,1,4-5,8,12H2/t15?,16?,18?,21-,24?/m0/s1. The minimum Gasteiger partial charge on any atom is -0.273 e. The molecule has 3 saturated carbocycles. The van der Waals surface area contributed by atoms with Crippen LogP contribution in [0.25, 0.3) is 11.0 Å².